The van der Waals surface area contributed by atoms with Gasteiger partial charge in [0.1, 0.15) is 0 Å². The van der Waals surface area contributed by atoms with Crippen molar-refractivity contribution in [3.63, 3.8) is 0 Å². The molecule has 1 aliphatic heterocycles. The van der Waals surface area contributed by atoms with Gasteiger partial charge in [0.25, 0.3) is 0 Å². The molecule has 18 heavy (non-hydrogen) atoms. The third-order valence-electron chi connectivity index (χ3n) is 3.91. The molecule has 1 aromatic rings. The number of nitrogens with one attached hydrogen (secondary N) is 1. The van der Waals surface area contributed by atoms with Gasteiger partial charge in [0.05, 0.1) is 0 Å². The zero-order chi connectivity index (χ0) is 12.6. The van der Waals surface area contributed by atoms with E-state index in [0.29, 0.717) is 6.04 Å². The van der Waals surface area contributed by atoms with E-state index >= 15 is 0 Å². The molecule has 1 aromatic carbocycles. The lowest BCUT2D eigenvalue weighted by Gasteiger charge is -2.31. The van der Waals surface area contributed by atoms with Crippen LogP contribution in [0, 0.1) is 0 Å². The number of aryl methyl sites for hydroxylation is 1. The molecule has 1 unspecified atom stereocenters. The van der Waals surface area contributed by atoms with Crippen LogP contribution in [0.3, 0.4) is 0 Å². The quantitative estimate of drug-likeness (QED) is 0.878. The smallest absolute Gasteiger partial charge is 0.00701 e. The van der Waals surface area contributed by atoms with Gasteiger partial charge in [-0.3, -0.25) is 0 Å². The zero-order valence-corrected chi connectivity index (χ0v) is 11.6. The maximum atomic E-state index is 3.48. The van der Waals surface area contributed by atoms with Gasteiger partial charge in [-0.1, -0.05) is 30.3 Å². The van der Waals surface area contributed by atoms with Crippen LogP contribution >= 0.6 is 0 Å². The first-order valence-corrected chi connectivity index (χ1v) is 7.35. The highest BCUT2D eigenvalue weighted by atomic mass is 15.2. The van der Waals surface area contributed by atoms with Crippen molar-refractivity contribution in [2.24, 2.45) is 0 Å². The minimum absolute atomic E-state index is 0.711. The fraction of sp³-hybridized carbons (Fsp3) is 0.625. The highest BCUT2D eigenvalue weighted by Gasteiger charge is 2.14. The van der Waals surface area contributed by atoms with Crippen LogP contribution in [0.2, 0.25) is 0 Å². The molecule has 2 heteroatoms. The van der Waals surface area contributed by atoms with Crippen molar-refractivity contribution < 1.29 is 0 Å². The summed E-state index contributed by atoms with van der Waals surface area (Å²) in [5.74, 6) is 0. The Kier molecular flexibility index (Phi) is 5.69. The van der Waals surface area contributed by atoms with Crippen LogP contribution in [0.5, 0.6) is 0 Å². The van der Waals surface area contributed by atoms with Crippen LogP contribution in [0.4, 0.5) is 0 Å². The van der Waals surface area contributed by atoms with E-state index in [4.69, 9.17) is 0 Å². The second-order valence-electron chi connectivity index (χ2n) is 5.37. The van der Waals surface area contributed by atoms with Gasteiger partial charge in [-0.2, -0.15) is 0 Å². The first-order chi connectivity index (χ1) is 8.86. The first-order valence-electron chi connectivity index (χ1n) is 7.35. The Labute approximate surface area is 111 Å². The van der Waals surface area contributed by atoms with Crippen molar-refractivity contribution in [2.75, 3.05) is 26.2 Å². The molecule has 0 bridgehead atoms. The lowest BCUT2D eigenvalue weighted by atomic mass is 10.0. The second-order valence-corrected chi connectivity index (χ2v) is 5.37. The van der Waals surface area contributed by atoms with Crippen molar-refractivity contribution in [2.45, 2.75) is 38.6 Å². The molecule has 0 radical (unpaired) electrons. The number of rotatable bonds is 4. The van der Waals surface area contributed by atoms with Crippen molar-refractivity contribution in [3.05, 3.63) is 35.9 Å². The van der Waals surface area contributed by atoms with Crippen LogP contribution < -0.4 is 5.32 Å². The van der Waals surface area contributed by atoms with Gasteiger partial charge in [-0.15, -0.1) is 0 Å². The summed E-state index contributed by atoms with van der Waals surface area (Å²) < 4.78 is 0. The summed E-state index contributed by atoms with van der Waals surface area (Å²) in [5, 5.41) is 3.48. The molecule has 0 saturated carbocycles. The number of hydrogen-bond donors (Lipinski definition) is 1. The van der Waals surface area contributed by atoms with Crippen LogP contribution in [-0.4, -0.2) is 37.1 Å². The zero-order valence-electron chi connectivity index (χ0n) is 11.6. The van der Waals surface area contributed by atoms with Gasteiger partial charge < -0.3 is 10.2 Å². The van der Waals surface area contributed by atoms with E-state index in [0.717, 1.165) is 0 Å². The van der Waals surface area contributed by atoms with Gasteiger partial charge in [-0.25, -0.2) is 0 Å². The molecule has 0 spiro atoms. The molecule has 1 heterocycles. The second kappa shape index (κ2) is 7.55. The third kappa shape index (κ3) is 4.43. The standard InChI is InChI=1S/C16H26N2/c1-15(9-10-16-7-3-2-4-8-16)18-13-5-11-17-12-6-14-18/h2-4,7-8,15,17H,5-6,9-14H2,1H3. The van der Waals surface area contributed by atoms with E-state index < -0.39 is 0 Å². The molecule has 2 rings (SSSR count). The predicted octanol–water partition coefficient (Wildman–Crippen LogP) is 2.69. The van der Waals surface area contributed by atoms with Crippen LogP contribution in [0.25, 0.3) is 0 Å². The molecule has 1 atom stereocenters. The van der Waals surface area contributed by atoms with Gasteiger partial charge in [0, 0.05) is 6.04 Å². The van der Waals surface area contributed by atoms with Crippen molar-refractivity contribution in [3.8, 4) is 0 Å². The molecule has 0 aromatic heterocycles. The molecule has 2 nitrogen and oxygen atoms in total. The lowest BCUT2D eigenvalue weighted by molar-refractivity contribution is 0.186. The molecule has 1 aliphatic rings. The Bertz CT molecular complexity index is 315. The van der Waals surface area contributed by atoms with Crippen molar-refractivity contribution >= 4 is 0 Å². The van der Waals surface area contributed by atoms with E-state index in [1.54, 1.807) is 0 Å². The fourth-order valence-corrected chi connectivity index (χ4v) is 2.69. The van der Waals surface area contributed by atoms with Crippen molar-refractivity contribution in [1.82, 2.24) is 10.2 Å². The molecule has 0 aliphatic carbocycles. The largest absolute Gasteiger partial charge is 0.317 e. The molecular weight excluding hydrogens is 220 g/mol. The maximum absolute atomic E-state index is 3.48. The van der Waals surface area contributed by atoms with Gasteiger partial charge in [0.2, 0.25) is 0 Å². The molecular formula is C16H26N2. The summed E-state index contributed by atoms with van der Waals surface area (Å²) in [5.41, 5.74) is 1.47. The Morgan fingerprint density at radius 1 is 1.11 bits per heavy atom. The molecule has 1 N–H and O–H groups in total. The fourth-order valence-electron chi connectivity index (χ4n) is 2.69. The van der Waals surface area contributed by atoms with E-state index in [1.807, 2.05) is 0 Å². The molecule has 100 valence electrons. The predicted molar refractivity (Wildman–Crippen MR) is 77.9 cm³/mol. The first kappa shape index (κ1) is 13.6. The average molecular weight is 246 g/mol. The maximum Gasteiger partial charge on any atom is 0.00701 e. The van der Waals surface area contributed by atoms with E-state index in [2.05, 4.69) is 47.5 Å². The van der Waals surface area contributed by atoms with E-state index in [-0.39, 0.29) is 0 Å². The van der Waals surface area contributed by atoms with Gasteiger partial charge >= 0.3 is 0 Å². The monoisotopic (exact) mass is 246 g/mol. The van der Waals surface area contributed by atoms with Gasteiger partial charge in [0.15, 0.2) is 0 Å². The number of nitrogens with zero attached hydrogens (tertiary/aromatic N) is 1. The topological polar surface area (TPSA) is 15.3 Å². The summed E-state index contributed by atoms with van der Waals surface area (Å²) in [6.45, 7) is 7.26. The SMILES string of the molecule is CC(CCc1ccccc1)N1CCCNCCC1. The summed E-state index contributed by atoms with van der Waals surface area (Å²) >= 11 is 0. The molecule has 1 saturated heterocycles. The Balaban J connectivity index is 1.77. The molecule has 0 amide bonds. The summed E-state index contributed by atoms with van der Waals surface area (Å²) in [4.78, 5) is 2.67. The minimum atomic E-state index is 0.711. The number of benzene rings is 1. The van der Waals surface area contributed by atoms with Crippen molar-refractivity contribution in [1.29, 1.82) is 0 Å². The minimum Gasteiger partial charge on any atom is -0.317 e. The molecule has 1 fully saturated rings. The Morgan fingerprint density at radius 2 is 1.78 bits per heavy atom. The van der Waals surface area contributed by atoms with Crippen LogP contribution in [-0.2, 0) is 6.42 Å². The Hall–Kier alpha value is -0.860. The third-order valence-corrected chi connectivity index (χ3v) is 3.91. The van der Waals surface area contributed by atoms with E-state index in [1.165, 1.54) is 57.4 Å². The highest BCUT2D eigenvalue weighted by molar-refractivity contribution is 5.14. The van der Waals surface area contributed by atoms with Crippen LogP contribution in [0.15, 0.2) is 30.3 Å². The van der Waals surface area contributed by atoms with E-state index in [9.17, 15) is 0 Å². The summed E-state index contributed by atoms with van der Waals surface area (Å²) in [7, 11) is 0. The highest BCUT2D eigenvalue weighted by Crippen LogP contribution is 2.11. The average Bonchev–Trinajstić information content (AvgIpc) is 2.37. The summed E-state index contributed by atoms with van der Waals surface area (Å²) in [6.07, 6.45) is 5.06. The number of hydrogen-bond acceptors (Lipinski definition) is 2. The summed E-state index contributed by atoms with van der Waals surface area (Å²) in [6, 6.07) is 11.6. The van der Waals surface area contributed by atoms with Crippen LogP contribution in [0.1, 0.15) is 31.7 Å². The Morgan fingerprint density at radius 3 is 2.44 bits per heavy atom. The van der Waals surface area contributed by atoms with Gasteiger partial charge in [-0.05, 0) is 64.3 Å². The normalized spacial score (nSPS) is 20.1. The lowest BCUT2D eigenvalue weighted by Crippen LogP contribution is -2.39.